The Bertz CT molecular complexity index is 1100. The molecular weight excluding hydrogens is 437 g/mol. The molecule has 1 N–H and O–H groups in total. The predicted octanol–water partition coefficient (Wildman–Crippen LogP) is 2.33. The first-order valence-electron chi connectivity index (χ1n) is 10.1. The first-order valence-corrected chi connectivity index (χ1v) is 11.6. The van der Waals surface area contributed by atoms with Crippen LogP contribution in [-0.2, 0) is 19.6 Å². The van der Waals surface area contributed by atoms with E-state index in [1.165, 1.54) is 64.8 Å². The van der Waals surface area contributed by atoms with Gasteiger partial charge in [-0.3, -0.25) is 9.59 Å². The van der Waals surface area contributed by atoms with Crippen molar-refractivity contribution in [1.29, 1.82) is 0 Å². The summed E-state index contributed by atoms with van der Waals surface area (Å²) in [6.07, 6.45) is -0.470. The second-order valence-corrected chi connectivity index (χ2v) is 9.76. The van der Waals surface area contributed by atoms with Crippen molar-refractivity contribution in [1.82, 2.24) is 9.21 Å². The van der Waals surface area contributed by atoms with E-state index in [2.05, 4.69) is 5.32 Å². The number of carbonyl (C=O) groups is 2. The summed E-state index contributed by atoms with van der Waals surface area (Å²) < 4.78 is 46.4. The van der Waals surface area contributed by atoms with Crippen molar-refractivity contribution in [2.75, 3.05) is 32.0 Å². The second kappa shape index (κ2) is 9.76. The maximum atomic E-state index is 13.3. The number of hydrogen-bond donors (Lipinski definition) is 1. The van der Waals surface area contributed by atoms with Crippen molar-refractivity contribution in [3.63, 3.8) is 0 Å². The van der Waals surface area contributed by atoms with Gasteiger partial charge in [-0.15, -0.1) is 0 Å². The molecular formula is C22H26FN3O5S. The van der Waals surface area contributed by atoms with Crippen LogP contribution >= 0.6 is 0 Å². The number of rotatable bonds is 6. The van der Waals surface area contributed by atoms with Crippen LogP contribution in [0.3, 0.4) is 0 Å². The monoisotopic (exact) mass is 463 g/mol. The van der Waals surface area contributed by atoms with Crippen LogP contribution in [0.5, 0.6) is 0 Å². The molecule has 0 spiro atoms. The van der Waals surface area contributed by atoms with Gasteiger partial charge >= 0.3 is 0 Å². The van der Waals surface area contributed by atoms with E-state index in [1.807, 2.05) is 13.8 Å². The lowest BCUT2D eigenvalue weighted by molar-refractivity contribution is -0.116. The third-order valence-electron chi connectivity index (χ3n) is 4.94. The van der Waals surface area contributed by atoms with Crippen molar-refractivity contribution in [2.24, 2.45) is 0 Å². The molecule has 1 aliphatic rings. The third-order valence-corrected chi connectivity index (χ3v) is 6.77. The molecule has 2 aromatic rings. The van der Waals surface area contributed by atoms with E-state index < -0.39 is 27.7 Å². The molecule has 1 heterocycles. The summed E-state index contributed by atoms with van der Waals surface area (Å²) >= 11 is 0. The zero-order chi connectivity index (χ0) is 23.5. The summed E-state index contributed by atoms with van der Waals surface area (Å²) in [6.45, 7) is 3.78. The Labute approximate surface area is 187 Å². The number of benzene rings is 2. The average Bonchev–Trinajstić information content (AvgIpc) is 2.72. The van der Waals surface area contributed by atoms with Gasteiger partial charge in [0.1, 0.15) is 5.82 Å². The standard InChI is InChI=1S/C22H26FN3O5S/c1-15-12-26(13-16(2)31-15)32(29,30)20-9-4-6-17(10-20)22(28)25(3)14-21(27)24-19-8-5-7-18(23)11-19/h4-11,15-16H,12-14H2,1-3H3,(H,24,27). The number of likely N-dealkylation sites (N-methyl/N-ethyl adjacent to an activating group) is 1. The van der Waals surface area contributed by atoms with Crippen LogP contribution in [0.1, 0.15) is 24.2 Å². The van der Waals surface area contributed by atoms with E-state index in [-0.39, 0.29) is 48.0 Å². The molecule has 0 radical (unpaired) electrons. The van der Waals surface area contributed by atoms with Crippen LogP contribution in [0.2, 0.25) is 0 Å². The van der Waals surface area contributed by atoms with Gasteiger partial charge in [0.05, 0.1) is 23.6 Å². The zero-order valence-corrected chi connectivity index (χ0v) is 18.9. The molecule has 3 rings (SSSR count). The summed E-state index contributed by atoms with van der Waals surface area (Å²) in [7, 11) is -2.38. The number of ether oxygens (including phenoxy) is 1. The number of carbonyl (C=O) groups excluding carboxylic acids is 2. The highest BCUT2D eigenvalue weighted by atomic mass is 32.2. The molecule has 0 saturated carbocycles. The Hall–Kier alpha value is -2.82. The van der Waals surface area contributed by atoms with Gasteiger partial charge in [0.2, 0.25) is 15.9 Å². The maximum Gasteiger partial charge on any atom is 0.254 e. The summed E-state index contributed by atoms with van der Waals surface area (Å²) in [4.78, 5) is 26.2. The van der Waals surface area contributed by atoms with Crippen LogP contribution in [0, 0.1) is 5.82 Å². The first-order chi connectivity index (χ1) is 15.1. The minimum atomic E-state index is -3.81. The fraction of sp³-hybridized carbons (Fsp3) is 0.364. The second-order valence-electron chi connectivity index (χ2n) is 7.83. The van der Waals surface area contributed by atoms with Crippen molar-refractivity contribution < 1.29 is 27.1 Å². The van der Waals surface area contributed by atoms with Gasteiger partial charge in [-0.25, -0.2) is 12.8 Å². The Morgan fingerprint density at radius 3 is 2.44 bits per heavy atom. The van der Waals surface area contributed by atoms with Crippen molar-refractivity contribution in [3.8, 4) is 0 Å². The maximum absolute atomic E-state index is 13.3. The van der Waals surface area contributed by atoms with Gasteiger partial charge in [0.15, 0.2) is 0 Å². The number of amides is 2. The van der Waals surface area contributed by atoms with Crippen LogP contribution in [0.25, 0.3) is 0 Å². The molecule has 8 nitrogen and oxygen atoms in total. The van der Waals surface area contributed by atoms with Crippen LogP contribution < -0.4 is 5.32 Å². The molecule has 1 fully saturated rings. The lowest BCUT2D eigenvalue weighted by atomic mass is 10.2. The number of nitrogens with one attached hydrogen (secondary N) is 1. The molecule has 10 heteroatoms. The van der Waals surface area contributed by atoms with Crippen LogP contribution in [0.4, 0.5) is 10.1 Å². The Morgan fingerprint density at radius 2 is 1.78 bits per heavy atom. The summed E-state index contributed by atoms with van der Waals surface area (Å²) in [6, 6.07) is 11.1. The smallest absolute Gasteiger partial charge is 0.254 e. The number of sulfonamides is 1. The lowest BCUT2D eigenvalue weighted by Crippen LogP contribution is -2.48. The quantitative estimate of drug-likeness (QED) is 0.710. The van der Waals surface area contributed by atoms with Gasteiger partial charge in [0.25, 0.3) is 5.91 Å². The van der Waals surface area contributed by atoms with E-state index >= 15 is 0 Å². The van der Waals surface area contributed by atoms with Crippen LogP contribution in [-0.4, -0.2) is 68.3 Å². The lowest BCUT2D eigenvalue weighted by Gasteiger charge is -2.34. The third kappa shape index (κ3) is 5.70. The molecule has 172 valence electrons. The molecule has 1 saturated heterocycles. The van der Waals surface area contributed by atoms with E-state index in [9.17, 15) is 22.4 Å². The molecule has 0 aromatic heterocycles. The van der Waals surface area contributed by atoms with Gasteiger partial charge in [0, 0.05) is 31.4 Å². The number of anilines is 1. The fourth-order valence-corrected chi connectivity index (χ4v) is 5.18. The summed E-state index contributed by atoms with van der Waals surface area (Å²) in [5.74, 6) is -1.51. The molecule has 2 atom stereocenters. The number of halogens is 1. The minimum Gasteiger partial charge on any atom is -0.373 e. The highest BCUT2D eigenvalue weighted by Crippen LogP contribution is 2.22. The molecule has 2 aromatic carbocycles. The minimum absolute atomic E-state index is 0.00209. The number of nitrogens with zero attached hydrogens (tertiary/aromatic N) is 2. The van der Waals surface area contributed by atoms with Gasteiger partial charge < -0.3 is 15.0 Å². The van der Waals surface area contributed by atoms with Gasteiger partial charge in [-0.05, 0) is 50.2 Å². The van der Waals surface area contributed by atoms with Crippen molar-refractivity contribution in [2.45, 2.75) is 31.0 Å². The Morgan fingerprint density at radius 1 is 1.12 bits per heavy atom. The number of hydrogen-bond acceptors (Lipinski definition) is 5. The van der Waals surface area contributed by atoms with E-state index in [0.717, 1.165) is 0 Å². The van der Waals surface area contributed by atoms with E-state index in [0.29, 0.717) is 0 Å². The SMILES string of the molecule is CC1CN(S(=O)(=O)c2cccc(C(=O)N(C)CC(=O)Nc3cccc(F)c3)c2)CC(C)O1. The highest BCUT2D eigenvalue weighted by Gasteiger charge is 2.32. The first kappa shape index (κ1) is 23.8. The Kier molecular flexibility index (Phi) is 7.27. The summed E-state index contributed by atoms with van der Waals surface area (Å²) in [5, 5.41) is 2.52. The normalized spacial score (nSPS) is 19.4. The molecule has 32 heavy (non-hydrogen) atoms. The molecule has 1 aliphatic heterocycles. The van der Waals surface area contributed by atoms with Crippen molar-refractivity contribution in [3.05, 3.63) is 59.9 Å². The highest BCUT2D eigenvalue weighted by molar-refractivity contribution is 7.89. The van der Waals surface area contributed by atoms with E-state index in [4.69, 9.17) is 4.74 Å². The largest absolute Gasteiger partial charge is 0.373 e. The fourth-order valence-electron chi connectivity index (χ4n) is 3.54. The van der Waals surface area contributed by atoms with Crippen LogP contribution in [0.15, 0.2) is 53.4 Å². The van der Waals surface area contributed by atoms with Crippen molar-refractivity contribution >= 4 is 27.5 Å². The Balaban J connectivity index is 1.71. The molecule has 2 unspecified atom stereocenters. The summed E-state index contributed by atoms with van der Waals surface area (Å²) in [5.41, 5.74) is 0.416. The van der Waals surface area contributed by atoms with E-state index in [1.54, 1.807) is 0 Å². The molecule has 0 aliphatic carbocycles. The topological polar surface area (TPSA) is 96.0 Å². The van der Waals surface area contributed by atoms with Gasteiger partial charge in [-0.2, -0.15) is 4.31 Å². The number of morpholine rings is 1. The molecule has 0 bridgehead atoms. The predicted molar refractivity (Wildman–Crippen MR) is 117 cm³/mol. The average molecular weight is 464 g/mol. The molecule has 2 amide bonds. The zero-order valence-electron chi connectivity index (χ0n) is 18.1. The van der Waals surface area contributed by atoms with Gasteiger partial charge in [-0.1, -0.05) is 12.1 Å².